The summed E-state index contributed by atoms with van der Waals surface area (Å²) >= 11 is 1.81. The van der Waals surface area contributed by atoms with Gasteiger partial charge in [-0.05, 0) is 102 Å². The van der Waals surface area contributed by atoms with Crippen molar-refractivity contribution in [2.75, 3.05) is 0 Å². The number of fused-ring (bicyclic) bond motifs is 8. The van der Waals surface area contributed by atoms with Crippen molar-refractivity contribution in [3.05, 3.63) is 262 Å². The molecule has 0 radical (unpaired) electrons. The van der Waals surface area contributed by atoms with Crippen LogP contribution in [0.5, 0.6) is 0 Å². The van der Waals surface area contributed by atoms with Gasteiger partial charge in [0.15, 0.2) is 0 Å². The van der Waals surface area contributed by atoms with Gasteiger partial charge < -0.3 is 5.32 Å². The van der Waals surface area contributed by atoms with Crippen molar-refractivity contribution in [1.82, 2.24) is 5.32 Å². The fraction of sp³-hybridized carbons (Fsp3) is 0.0351. The van der Waals surface area contributed by atoms with Crippen LogP contribution in [0.3, 0.4) is 0 Å². The van der Waals surface area contributed by atoms with Gasteiger partial charge in [-0.1, -0.05) is 194 Å². The number of benzene rings is 9. The second kappa shape index (κ2) is 13.9. The molecule has 1 N–H and O–H groups in total. The summed E-state index contributed by atoms with van der Waals surface area (Å²) < 4.78 is 2.42. The third kappa shape index (κ3) is 5.29. The predicted octanol–water partition coefficient (Wildman–Crippen LogP) is 12.8. The lowest BCUT2D eigenvalue weighted by Gasteiger charge is -2.35. The number of nitrogens with one attached hydrogen (secondary N) is 1. The normalized spacial score (nSPS) is 14.9. The van der Waals surface area contributed by atoms with E-state index in [9.17, 15) is 0 Å². The fourth-order valence-electron chi connectivity index (χ4n) is 9.95. The first-order valence-corrected chi connectivity index (χ1v) is 21.5. The number of rotatable bonds is 6. The van der Waals surface area contributed by atoms with Crippen LogP contribution in [0.2, 0.25) is 0 Å². The molecule has 2 nitrogen and oxygen atoms in total. The van der Waals surface area contributed by atoms with E-state index in [4.69, 9.17) is 4.99 Å². The first-order valence-electron chi connectivity index (χ1n) is 20.7. The van der Waals surface area contributed by atoms with Gasteiger partial charge in [0.05, 0.1) is 21.0 Å². The lowest BCUT2D eigenvalue weighted by atomic mass is 9.66. The van der Waals surface area contributed by atoms with E-state index in [1.165, 1.54) is 81.0 Å². The van der Waals surface area contributed by atoms with E-state index in [0.717, 1.165) is 22.2 Å². The van der Waals surface area contributed by atoms with Crippen molar-refractivity contribution >= 4 is 37.9 Å². The summed E-state index contributed by atoms with van der Waals surface area (Å²) in [6.45, 7) is 0. The highest BCUT2D eigenvalue weighted by molar-refractivity contribution is 7.17. The third-order valence-electron chi connectivity index (χ3n) is 12.6. The van der Waals surface area contributed by atoms with Crippen LogP contribution in [-0.4, -0.2) is 0 Å². The maximum atomic E-state index is 5.32. The Hall–Kier alpha value is -7.33. The topological polar surface area (TPSA) is 24.4 Å². The molecule has 9 aromatic carbocycles. The molecule has 0 amide bonds. The summed E-state index contributed by atoms with van der Waals surface area (Å²) in [4.78, 5) is 5.32. The molecule has 60 heavy (non-hydrogen) atoms. The van der Waals surface area contributed by atoms with Gasteiger partial charge >= 0.3 is 0 Å². The Balaban J connectivity index is 1.12. The molecule has 1 aliphatic carbocycles. The van der Waals surface area contributed by atoms with Gasteiger partial charge in [-0.2, -0.15) is 0 Å². The summed E-state index contributed by atoms with van der Waals surface area (Å²) in [5, 5.41) is 8.67. The van der Waals surface area contributed by atoms with Crippen LogP contribution in [0.25, 0.3) is 59.9 Å². The molecule has 0 bridgehead atoms. The van der Waals surface area contributed by atoms with E-state index < -0.39 is 5.41 Å². The highest BCUT2D eigenvalue weighted by atomic mass is 32.1. The van der Waals surface area contributed by atoms with Crippen molar-refractivity contribution in [2.24, 2.45) is 4.99 Å². The molecule has 2 aliphatic rings. The molecular weight excluding hydrogens is 745 g/mol. The highest BCUT2D eigenvalue weighted by Gasteiger charge is 2.48. The highest BCUT2D eigenvalue weighted by Crippen LogP contribution is 2.61. The van der Waals surface area contributed by atoms with Crippen LogP contribution in [-0.2, 0) is 5.41 Å². The minimum atomic E-state index is -0.582. The van der Waals surface area contributed by atoms with Gasteiger partial charge in [0.2, 0.25) is 0 Å². The van der Waals surface area contributed by atoms with Crippen LogP contribution < -0.4 is 15.2 Å². The molecule has 0 saturated heterocycles. The van der Waals surface area contributed by atoms with Crippen LogP contribution in [0.4, 0.5) is 0 Å². The Kier molecular flexibility index (Phi) is 8.04. The van der Waals surface area contributed by atoms with E-state index in [1.54, 1.807) is 0 Å². The van der Waals surface area contributed by atoms with Crippen molar-refractivity contribution in [3.8, 4) is 33.4 Å². The Morgan fingerprint density at radius 3 is 1.82 bits per heavy atom. The maximum absolute atomic E-state index is 5.32. The zero-order chi connectivity index (χ0) is 39.6. The van der Waals surface area contributed by atoms with Crippen LogP contribution in [0, 0.1) is 0 Å². The monoisotopic (exact) mass is 782 g/mol. The van der Waals surface area contributed by atoms with E-state index in [0.29, 0.717) is 0 Å². The van der Waals surface area contributed by atoms with Crippen LogP contribution in [0.15, 0.2) is 223 Å². The van der Waals surface area contributed by atoms with Crippen LogP contribution >= 0.6 is 11.3 Å². The zero-order valence-electron chi connectivity index (χ0n) is 32.7. The Morgan fingerprint density at radius 2 is 1.07 bits per heavy atom. The van der Waals surface area contributed by atoms with Gasteiger partial charge in [0.25, 0.3) is 0 Å². The van der Waals surface area contributed by atoms with Gasteiger partial charge in [-0.25, -0.2) is 0 Å². The number of hydrogen-bond acceptors (Lipinski definition) is 3. The number of nitrogens with zero attached hydrogens (tertiary/aromatic N) is 1. The molecule has 1 aromatic heterocycles. The molecule has 1 aliphatic heterocycles. The largest absolute Gasteiger partial charge is 0.358 e. The van der Waals surface area contributed by atoms with E-state index >= 15 is 0 Å². The zero-order valence-corrected chi connectivity index (χ0v) is 33.5. The lowest BCUT2D eigenvalue weighted by Crippen LogP contribution is -2.37. The second-order valence-electron chi connectivity index (χ2n) is 15.8. The molecular formula is C57H38N2S. The minimum Gasteiger partial charge on any atom is -0.358 e. The molecule has 1 atom stereocenters. The second-order valence-corrected chi connectivity index (χ2v) is 16.9. The van der Waals surface area contributed by atoms with E-state index in [2.05, 4.69) is 224 Å². The summed E-state index contributed by atoms with van der Waals surface area (Å²) in [5.74, 6) is 0. The quantitative estimate of drug-likeness (QED) is 0.178. The van der Waals surface area contributed by atoms with Crippen molar-refractivity contribution in [1.29, 1.82) is 0 Å². The molecule has 10 aromatic rings. The first kappa shape index (κ1) is 34.7. The maximum Gasteiger partial charge on any atom is 0.145 e. The minimum absolute atomic E-state index is 0.195. The van der Waals surface area contributed by atoms with E-state index in [-0.39, 0.29) is 6.17 Å². The summed E-state index contributed by atoms with van der Waals surface area (Å²) in [7, 11) is 0. The van der Waals surface area contributed by atoms with Gasteiger partial charge in [0.1, 0.15) is 6.17 Å². The summed E-state index contributed by atoms with van der Waals surface area (Å²) in [6.07, 6.45) is -0.195. The number of hydrogen-bond donors (Lipinski definition) is 1. The average Bonchev–Trinajstić information content (AvgIpc) is 3.86. The molecule has 282 valence electrons. The number of thiophene rings is 1. The van der Waals surface area contributed by atoms with Gasteiger partial charge in [0, 0.05) is 10.1 Å². The molecule has 0 saturated carbocycles. The molecule has 1 unspecified atom stereocenters. The van der Waals surface area contributed by atoms with Gasteiger partial charge in [-0.15, -0.1) is 11.3 Å². The smallest absolute Gasteiger partial charge is 0.145 e. The van der Waals surface area contributed by atoms with E-state index in [1.807, 2.05) is 11.3 Å². The molecule has 0 spiro atoms. The first-order chi connectivity index (χ1) is 29.8. The summed E-state index contributed by atoms with van der Waals surface area (Å²) in [5.41, 5.74) is 15.4. The molecule has 0 fully saturated rings. The molecule has 2 heterocycles. The molecule has 12 rings (SSSR count). The van der Waals surface area contributed by atoms with Crippen molar-refractivity contribution in [3.63, 3.8) is 0 Å². The Bertz CT molecular complexity index is 3350. The Labute approximate surface area is 353 Å². The van der Waals surface area contributed by atoms with Crippen molar-refractivity contribution < 1.29 is 0 Å². The standard InChI is InChI=1S/C57H38N2S/c1-5-18-37(19-6-1)48-35-41-22-13-14-29-45(41)52-51(48)46-33-32-40(36-49(46)57(52,43-25-9-3-10-26-43)44-27-11-4-12-28-44)39-23-17-24-42(34-39)53-55-54(47-30-15-16-31-50(47)60-55)59-56(58-53)38-20-7-2-8-21-38/h1-36,56,58H. The SMILES string of the molecule is c1ccc(-c2cc3ccccc3c3c2-c2ccc(-c4cccc(C5=c6sc7ccccc7c6=NC(c6ccccc6)N5)c4)cc2C3(c2ccccc2)c2ccccc2)cc1. The lowest BCUT2D eigenvalue weighted by molar-refractivity contribution is 0.639. The summed E-state index contributed by atoms with van der Waals surface area (Å²) in [6, 6.07) is 80.2. The fourth-order valence-corrected chi connectivity index (χ4v) is 11.1. The Morgan fingerprint density at radius 1 is 0.467 bits per heavy atom. The predicted molar refractivity (Wildman–Crippen MR) is 250 cm³/mol. The average molecular weight is 783 g/mol. The third-order valence-corrected chi connectivity index (χ3v) is 13.7. The molecule has 3 heteroatoms. The van der Waals surface area contributed by atoms with Crippen molar-refractivity contribution in [2.45, 2.75) is 11.6 Å². The van der Waals surface area contributed by atoms with Gasteiger partial charge in [-0.3, -0.25) is 4.99 Å². The van der Waals surface area contributed by atoms with Crippen LogP contribution in [0.1, 0.15) is 39.5 Å².